The number of hydrogen-bond acceptors (Lipinski definition) is 3. The molecule has 1 aromatic carbocycles. The van der Waals surface area contributed by atoms with Crippen molar-refractivity contribution in [3.8, 4) is 5.75 Å². The summed E-state index contributed by atoms with van der Waals surface area (Å²) in [7, 11) is 3.81. The molecule has 0 spiro atoms. The fraction of sp³-hybridized carbons (Fsp3) is 0.556. The Balaban J connectivity index is 1.77. The van der Waals surface area contributed by atoms with Crippen molar-refractivity contribution in [2.45, 2.75) is 32.4 Å². The van der Waals surface area contributed by atoms with Gasteiger partial charge in [0.05, 0.1) is 13.2 Å². The molecule has 2 aromatic rings. The highest BCUT2D eigenvalue weighted by Crippen LogP contribution is 2.28. The monoisotopic (exact) mass is 302 g/mol. The van der Waals surface area contributed by atoms with Crippen LogP contribution >= 0.6 is 0 Å². The summed E-state index contributed by atoms with van der Waals surface area (Å²) in [4.78, 5) is 2.49. The summed E-state index contributed by atoms with van der Waals surface area (Å²) in [5.41, 5.74) is 2.60. The van der Waals surface area contributed by atoms with Crippen molar-refractivity contribution in [3.63, 3.8) is 0 Å². The van der Waals surface area contributed by atoms with Crippen LogP contribution in [0.5, 0.6) is 5.75 Å². The first-order valence-corrected chi connectivity index (χ1v) is 8.11. The second-order valence-corrected chi connectivity index (χ2v) is 6.50. The molecule has 1 saturated heterocycles. The van der Waals surface area contributed by atoms with Gasteiger partial charge in [0, 0.05) is 30.7 Å². The number of aryl methyl sites for hydroxylation is 1. The van der Waals surface area contributed by atoms with Gasteiger partial charge in [-0.2, -0.15) is 0 Å². The molecule has 0 aliphatic carbocycles. The summed E-state index contributed by atoms with van der Waals surface area (Å²) >= 11 is 0. The Bertz CT molecular complexity index is 640. The number of rotatable bonds is 4. The van der Waals surface area contributed by atoms with E-state index in [1.54, 1.807) is 7.11 Å². The number of aliphatic hydroxyl groups excluding tert-OH is 1. The van der Waals surface area contributed by atoms with E-state index in [9.17, 15) is 5.11 Å². The van der Waals surface area contributed by atoms with Gasteiger partial charge >= 0.3 is 0 Å². The van der Waals surface area contributed by atoms with Crippen molar-refractivity contribution in [2.75, 3.05) is 20.2 Å². The first kappa shape index (κ1) is 15.4. The van der Waals surface area contributed by atoms with Gasteiger partial charge in [0.1, 0.15) is 5.75 Å². The van der Waals surface area contributed by atoms with E-state index < -0.39 is 0 Å². The third-order valence-corrected chi connectivity index (χ3v) is 4.99. The van der Waals surface area contributed by atoms with Crippen LogP contribution in [0.3, 0.4) is 0 Å². The summed E-state index contributed by atoms with van der Waals surface area (Å²) in [6.45, 7) is 5.01. The van der Waals surface area contributed by atoms with Crippen molar-refractivity contribution in [2.24, 2.45) is 13.0 Å². The molecule has 1 aromatic heterocycles. The van der Waals surface area contributed by atoms with Gasteiger partial charge in [-0.05, 0) is 62.5 Å². The summed E-state index contributed by atoms with van der Waals surface area (Å²) in [5.74, 6) is 1.37. The minimum absolute atomic E-state index is 0.177. The molecule has 0 saturated carbocycles. The number of ether oxygens (including phenoxy) is 1. The fourth-order valence-electron chi connectivity index (χ4n) is 3.54. The lowest BCUT2D eigenvalue weighted by Gasteiger charge is -2.33. The average Bonchev–Trinajstić information content (AvgIpc) is 2.83. The lowest BCUT2D eigenvalue weighted by atomic mass is 9.92. The van der Waals surface area contributed by atoms with Crippen molar-refractivity contribution >= 4 is 10.9 Å². The zero-order valence-corrected chi connectivity index (χ0v) is 13.7. The second kappa shape index (κ2) is 6.31. The minimum Gasteiger partial charge on any atom is -0.497 e. The Kier molecular flexibility index (Phi) is 4.41. The number of nitrogens with zero attached hydrogens (tertiary/aromatic N) is 2. The van der Waals surface area contributed by atoms with Gasteiger partial charge in [-0.1, -0.05) is 0 Å². The molecule has 22 heavy (non-hydrogen) atoms. The molecule has 1 fully saturated rings. The van der Waals surface area contributed by atoms with Gasteiger partial charge in [0.15, 0.2) is 0 Å². The maximum atomic E-state index is 9.72. The van der Waals surface area contributed by atoms with Crippen LogP contribution in [0, 0.1) is 5.92 Å². The van der Waals surface area contributed by atoms with E-state index in [-0.39, 0.29) is 6.10 Å². The summed E-state index contributed by atoms with van der Waals surface area (Å²) in [6.07, 6.45) is 4.23. The number of aromatic nitrogens is 1. The number of methoxy groups -OCH3 is 1. The summed E-state index contributed by atoms with van der Waals surface area (Å²) < 4.78 is 7.55. The fourth-order valence-corrected chi connectivity index (χ4v) is 3.54. The Labute approximate surface area is 132 Å². The molecule has 120 valence electrons. The van der Waals surface area contributed by atoms with Crippen molar-refractivity contribution in [3.05, 3.63) is 30.0 Å². The molecule has 2 heterocycles. The zero-order chi connectivity index (χ0) is 15.7. The van der Waals surface area contributed by atoms with Crippen LogP contribution in [-0.2, 0) is 13.6 Å². The smallest absolute Gasteiger partial charge is 0.119 e. The first-order valence-electron chi connectivity index (χ1n) is 8.11. The van der Waals surface area contributed by atoms with Crippen LogP contribution in [0.25, 0.3) is 10.9 Å². The molecule has 4 heteroatoms. The highest BCUT2D eigenvalue weighted by molar-refractivity contribution is 5.85. The molecule has 1 atom stereocenters. The van der Waals surface area contributed by atoms with Gasteiger partial charge < -0.3 is 14.4 Å². The van der Waals surface area contributed by atoms with E-state index in [1.165, 1.54) is 16.5 Å². The van der Waals surface area contributed by atoms with E-state index >= 15 is 0 Å². The van der Waals surface area contributed by atoms with Crippen molar-refractivity contribution in [1.82, 2.24) is 9.47 Å². The van der Waals surface area contributed by atoms with Crippen LogP contribution in [0.4, 0.5) is 0 Å². The number of hydrogen-bond donors (Lipinski definition) is 1. The molecule has 0 amide bonds. The molecule has 3 rings (SSSR count). The lowest BCUT2D eigenvalue weighted by molar-refractivity contribution is 0.0696. The molecule has 0 unspecified atom stereocenters. The molecule has 1 aliphatic rings. The molecule has 1 aliphatic heterocycles. The van der Waals surface area contributed by atoms with Crippen LogP contribution in [0.15, 0.2) is 24.4 Å². The van der Waals surface area contributed by atoms with E-state index in [0.717, 1.165) is 38.2 Å². The Hall–Kier alpha value is -1.52. The van der Waals surface area contributed by atoms with E-state index in [0.29, 0.717) is 5.92 Å². The summed E-state index contributed by atoms with van der Waals surface area (Å²) in [5, 5.41) is 11.0. The van der Waals surface area contributed by atoms with Crippen LogP contribution in [0.2, 0.25) is 0 Å². The standard InChI is InChI=1S/C18H26N2O2/c1-13(21)14-6-8-20(9-7-14)12-15-11-19(2)18-5-4-16(22-3)10-17(15)18/h4-5,10-11,13-14,21H,6-9,12H2,1-3H3/t13-/m1/s1. The van der Waals surface area contributed by atoms with Gasteiger partial charge in [0.2, 0.25) is 0 Å². The maximum absolute atomic E-state index is 9.72. The quantitative estimate of drug-likeness (QED) is 0.943. The number of piperidine rings is 1. The normalized spacial score (nSPS) is 18.7. The SMILES string of the molecule is COc1ccc2c(c1)c(CN1CCC([C@@H](C)O)CC1)cn2C. The predicted molar refractivity (Wildman–Crippen MR) is 89.2 cm³/mol. The van der Waals surface area contributed by atoms with E-state index in [4.69, 9.17) is 4.74 Å². The van der Waals surface area contributed by atoms with E-state index in [2.05, 4.69) is 34.8 Å². The third kappa shape index (κ3) is 2.99. The third-order valence-electron chi connectivity index (χ3n) is 4.99. The predicted octanol–water partition coefficient (Wildman–Crippen LogP) is 2.78. The molecule has 0 bridgehead atoms. The molecule has 1 N–H and O–H groups in total. The largest absolute Gasteiger partial charge is 0.497 e. The average molecular weight is 302 g/mol. The highest BCUT2D eigenvalue weighted by atomic mass is 16.5. The van der Waals surface area contributed by atoms with Crippen molar-refractivity contribution in [1.29, 1.82) is 0 Å². The zero-order valence-electron chi connectivity index (χ0n) is 13.7. The van der Waals surface area contributed by atoms with Gasteiger partial charge in [-0.15, -0.1) is 0 Å². The van der Waals surface area contributed by atoms with Crippen LogP contribution in [-0.4, -0.2) is 40.9 Å². The Morgan fingerprint density at radius 1 is 1.32 bits per heavy atom. The molecular weight excluding hydrogens is 276 g/mol. The minimum atomic E-state index is -0.177. The molecule has 4 nitrogen and oxygen atoms in total. The Morgan fingerprint density at radius 2 is 2.05 bits per heavy atom. The van der Waals surface area contributed by atoms with Crippen LogP contribution in [0.1, 0.15) is 25.3 Å². The van der Waals surface area contributed by atoms with Gasteiger partial charge in [0.25, 0.3) is 0 Å². The van der Waals surface area contributed by atoms with Gasteiger partial charge in [-0.25, -0.2) is 0 Å². The topological polar surface area (TPSA) is 37.6 Å². The molecule has 0 radical (unpaired) electrons. The van der Waals surface area contributed by atoms with Crippen LogP contribution < -0.4 is 4.74 Å². The number of likely N-dealkylation sites (tertiary alicyclic amines) is 1. The number of fused-ring (bicyclic) bond motifs is 1. The highest BCUT2D eigenvalue weighted by Gasteiger charge is 2.23. The number of benzene rings is 1. The molecular formula is C18H26N2O2. The maximum Gasteiger partial charge on any atom is 0.119 e. The number of aliphatic hydroxyl groups is 1. The van der Waals surface area contributed by atoms with Crippen molar-refractivity contribution < 1.29 is 9.84 Å². The first-order chi connectivity index (χ1) is 10.6. The second-order valence-electron chi connectivity index (χ2n) is 6.50. The van der Waals surface area contributed by atoms with Gasteiger partial charge in [-0.3, -0.25) is 4.90 Å². The van der Waals surface area contributed by atoms with E-state index in [1.807, 2.05) is 13.0 Å². The summed E-state index contributed by atoms with van der Waals surface area (Å²) in [6, 6.07) is 6.27. The lowest BCUT2D eigenvalue weighted by Crippen LogP contribution is -2.36. The Morgan fingerprint density at radius 3 is 2.68 bits per heavy atom.